The van der Waals surface area contributed by atoms with Crippen LogP contribution in [-0.2, 0) is 24.4 Å². The minimum absolute atomic E-state index is 0.143. The third-order valence-corrected chi connectivity index (χ3v) is 6.23. The van der Waals surface area contributed by atoms with Crippen LogP contribution in [0.2, 0.25) is 0 Å². The second-order valence-corrected chi connectivity index (χ2v) is 8.44. The largest absolute Gasteiger partial charge is 0.434 e. The number of aliphatic hydroxyl groups is 3. The molecule has 132 valence electrons. The van der Waals surface area contributed by atoms with Crippen molar-refractivity contribution in [3.8, 4) is 0 Å². The minimum Gasteiger partial charge on any atom is -0.434 e. The maximum Gasteiger partial charge on any atom is 0.396 e. The number of rotatable bonds is 5. The first-order chi connectivity index (χ1) is 10.5. The number of carbonyl (C=O) groups is 1. The van der Waals surface area contributed by atoms with Crippen LogP contribution >= 0.6 is 0 Å². The lowest BCUT2D eigenvalue weighted by Crippen LogP contribution is -2.58. The van der Waals surface area contributed by atoms with E-state index >= 15 is 0 Å². The quantitative estimate of drug-likeness (QED) is 0.276. The van der Waals surface area contributed by atoms with E-state index in [1.165, 1.54) is 0 Å². The van der Waals surface area contributed by atoms with Crippen molar-refractivity contribution in [3.05, 3.63) is 0 Å². The van der Waals surface area contributed by atoms with Gasteiger partial charge in [-0.05, 0) is 49.9 Å². The van der Waals surface area contributed by atoms with Crippen molar-refractivity contribution in [1.29, 1.82) is 0 Å². The minimum atomic E-state index is -5.44. The van der Waals surface area contributed by atoms with E-state index in [1.54, 1.807) is 0 Å². The van der Waals surface area contributed by atoms with Crippen LogP contribution in [0, 0.1) is 17.8 Å². The Morgan fingerprint density at radius 2 is 1.74 bits per heavy atom. The number of hydrogen-bond acceptors (Lipinski definition) is 8. The number of ether oxygens (including phenoxy) is 2. The first-order valence-corrected chi connectivity index (χ1v) is 8.89. The molecule has 23 heavy (non-hydrogen) atoms. The Morgan fingerprint density at radius 1 is 1.17 bits per heavy atom. The Morgan fingerprint density at radius 3 is 2.26 bits per heavy atom. The highest BCUT2D eigenvalue weighted by Gasteiger charge is 2.56. The number of carbonyl (C=O) groups excluding carboxylic acids is 1. The molecule has 0 spiro atoms. The summed E-state index contributed by atoms with van der Waals surface area (Å²) in [6.07, 6.45) is 3.57. The zero-order valence-electron chi connectivity index (χ0n) is 12.3. The highest BCUT2D eigenvalue weighted by Crippen LogP contribution is 2.57. The van der Waals surface area contributed by atoms with Crippen LogP contribution in [0.4, 0.5) is 0 Å². The smallest absolute Gasteiger partial charge is 0.396 e. The fraction of sp³-hybridized carbons (Fsp3) is 0.923. The second kappa shape index (κ2) is 5.36. The molecule has 4 fully saturated rings. The van der Waals surface area contributed by atoms with Crippen LogP contribution in [0.1, 0.15) is 32.1 Å². The molecule has 4 bridgehead atoms. The molecule has 4 N–H and O–H groups in total. The molecule has 10 heteroatoms. The molecule has 0 aliphatic heterocycles. The summed E-state index contributed by atoms with van der Waals surface area (Å²) in [5.41, 5.74) is -0.540. The van der Waals surface area contributed by atoms with Crippen molar-refractivity contribution in [1.82, 2.24) is 0 Å². The Bertz CT molecular complexity index is 583. The van der Waals surface area contributed by atoms with E-state index in [0.29, 0.717) is 18.8 Å². The molecule has 4 aliphatic carbocycles. The zero-order valence-corrected chi connectivity index (χ0v) is 13.1. The molecule has 0 heterocycles. The third-order valence-electron chi connectivity index (χ3n) is 5.35. The normalized spacial score (nSPS) is 39.5. The summed E-state index contributed by atoms with van der Waals surface area (Å²) in [7, 11) is -5.44. The highest BCUT2D eigenvalue weighted by atomic mass is 32.2. The van der Waals surface area contributed by atoms with Crippen LogP contribution in [0.5, 0.6) is 0 Å². The molecule has 0 aromatic rings. The molecule has 2 unspecified atom stereocenters. The van der Waals surface area contributed by atoms with E-state index in [2.05, 4.69) is 4.74 Å². The van der Waals surface area contributed by atoms with E-state index in [-0.39, 0.29) is 17.9 Å². The lowest BCUT2D eigenvalue weighted by molar-refractivity contribution is -0.240. The third kappa shape index (κ3) is 2.87. The van der Waals surface area contributed by atoms with Crippen LogP contribution in [0.25, 0.3) is 0 Å². The molecule has 0 radical (unpaired) electrons. The van der Waals surface area contributed by atoms with Crippen molar-refractivity contribution in [3.63, 3.8) is 0 Å². The molecule has 4 aliphatic rings. The van der Waals surface area contributed by atoms with E-state index < -0.39 is 33.6 Å². The molecule has 0 aromatic heterocycles. The molecule has 4 rings (SSSR count). The monoisotopic (exact) mass is 352 g/mol. The van der Waals surface area contributed by atoms with Crippen molar-refractivity contribution < 1.29 is 42.6 Å². The first-order valence-electron chi connectivity index (χ1n) is 7.45. The summed E-state index contributed by atoms with van der Waals surface area (Å²) in [4.78, 5) is 11.4. The lowest BCUT2D eigenvalue weighted by Gasteiger charge is -2.58. The maximum absolute atomic E-state index is 11.4. The van der Waals surface area contributed by atoms with Gasteiger partial charge in [0.2, 0.25) is 0 Å². The number of aliphatic hydroxyl groups excluding tert-OH is 1. The van der Waals surface area contributed by atoms with Crippen molar-refractivity contribution in [2.45, 2.75) is 48.9 Å². The lowest BCUT2D eigenvalue weighted by atomic mass is 9.53. The van der Waals surface area contributed by atoms with E-state index in [4.69, 9.17) is 19.5 Å². The first kappa shape index (κ1) is 17.1. The van der Waals surface area contributed by atoms with Crippen molar-refractivity contribution in [2.24, 2.45) is 17.8 Å². The highest BCUT2D eigenvalue weighted by molar-refractivity contribution is 7.87. The van der Waals surface area contributed by atoms with Gasteiger partial charge in [-0.3, -0.25) is 4.55 Å². The maximum atomic E-state index is 11.4. The average molecular weight is 352 g/mol. The summed E-state index contributed by atoms with van der Waals surface area (Å²) >= 11 is 0. The second-order valence-electron chi connectivity index (χ2n) is 6.92. The average Bonchev–Trinajstić information content (AvgIpc) is 2.42. The van der Waals surface area contributed by atoms with Gasteiger partial charge in [0.1, 0.15) is 0 Å². The van der Waals surface area contributed by atoms with Crippen molar-refractivity contribution >= 4 is 16.1 Å². The van der Waals surface area contributed by atoms with Crippen LogP contribution < -0.4 is 0 Å². The SMILES string of the molecule is O=C(OCOC12CC3CC(C1)C(O)C(C3)C2)C(O)(O)S(=O)(=O)O. The summed E-state index contributed by atoms with van der Waals surface area (Å²) in [6, 6.07) is 0. The van der Waals surface area contributed by atoms with Crippen molar-refractivity contribution in [2.75, 3.05) is 6.79 Å². The van der Waals surface area contributed by atoms with E-state index in [9.17, 15) is 18.3 Å². The van der Waals surface area contributed by atoms with Gasteiger partial charge in [0.15, 0.2) is 6.79 Å². The fourth-order valence-electron chi connectivity index (χ4n) is 4.51. The topological polar surface area (TPSA) is 151 Å². The molecule has 4 saturated carbocycles. The predicted octanol–water partition coefficient (Wildman–Crippen LogP) is -1.03. The van der Waals surface area contributed by atoms with Gasteiger partial charge in [-0.2, -0.15) is 8.42 Å². The van der Waals surface area contributed by atoms with Gasteiger partial charge in [0.25, 0.3) is 0 Å². The molecule has 0 aromatic carbocycles. The predicted molar refractivity (Wildman–Crippen MR) is 73.1 cm³/mol. The summed E-state index contributed by atoms with van der Waals surface area (Å²) in [5.74, 6) is -1.20. The Labute approximate surface area is 133 Å². The van der Waals surface area contributed by atoms with Gasteiger partial charge >= 0.3 is 21.2 Å². The summed E-state index contributed by atoms with van der Waals surface area (Å²) < 4.78 is 40.0. The molecule has 0 saturated heterocycles. The van der Waals surface area contributed by atoms with E-state index in [0.717, 1.165) is 19.3 Å². The van der Waals surface area contributed by atoms with Gasteiger partial charge in [-0.25, -0.2) is 4.79 Å². The van der Waals surface area contributed by atoms with Crippen LogP contribution in [-0.4, -0.2) is 57.9 Å². The van der Waals surface area contributed by atoms with Gasteiger partial charge in [0.05, 0.1) is 11.7 Å². The molecule has 9 nitrogen and oxygen atoms in total. The van der Waals surface area contributed by atoms with Crippen LogP contribution in [0.3, 0.4) is 0 Å². The van der Waals surface area contributed by atoms with Gasteiger partial charge < -0.3 is 24.8 Å². The number of hydrogen-bond donors (Lipinski definition) is 4. The van der Waals surface area contributed by atoms with Crippen LogP contribution in [0.15, 0.2) is 0 Å². The molecule has 2 atom stereocenters. The Balaban J connectivity index is 1.59. The van der Waals surface area contributed by atoms with Gasteiger partial charge in [-0.1, -0.05) is 0 Å². The van der Waals surface area contributed by atoms with Gasteiger partial charge in [0, 0.05) is 0 Å². The number of esters is 1. The summed E-state index contributed by atoms with van der Waals surface area (Å²) in [5, 5.41) is 24.3. The standard InChI is InChI=1S/C13H20O9S/c14-10-8-1-7-2-9(10)5-12(3-7,4-8)22-6-21-11(15)13(16,17)23(18,19)20/h7-10,14,16-17H,1-6H2,(H,18,19,20). The van der Waals surface area contributed by atoms with Gasteiger partial charge in [-0.15, -0.1) is 0 Å². The summed E-state index contributed by atoms with van der Waals surface area (Å²) in [6.45, 7) is -0.653. The molecular weight excluding hydrogens is 332 g/mol. The molecule has 0 amide bonds. The Hall–Kier alpha value is -0.780. The zero-order chi connectivity index (χ0) is 17.0. The fourth-order valence-corrected chi connectivity index (χ4v) is 4.78. The molecular formula is C13H20O9S. The van der Waals surface area contributed by atoms with E-state index in [1.807, 2.05) is 0 Å². The Kier molecular flexibility index (Phi) is 3.98.